The van der Waals surface area contributed by atoms with Gasteiger partial charge in [0.1, 0.15) is 0 Å². The standard InChI is InChI=1S/C17H32N4O/c1-4-18-17(19-11-13(2)3)20-15-9-10-21(12-15)16(22)14-7-5-6-8-14/h13-15H,4-12H2,1-3H3,(H2,18,19,20). The molecule has 1 aliphatic heterocycles. The fourth-order valence-electron chi connectivity index (χ4n) is 3.30. The molecule has 2 N–H and O–H groups in total. The summed E-state index contributed by atoms with van der Waals surface area (Å²) < 4.78 is 0. The van der Waals surface area contributed by atoms with Gasteiger partial charge in [0, 0.05) is 38.1 Å². The van der Waals surface area contributed by atoms with Crippen LogP contribution in [0.2, 0.25) is 0 Å². The SMILES string of the molecule is CCNC(=NCC(C)C)NC1CCN(C(=O)C2CCCC2)C1. The van der Waals surface area contributed by atoms with Gasteiger partial charge in [-0.15, -0.1) is 0 Å². The normalized spacial score (nSPS) is 23.4. The van der Waals surface area contributed by atoms with E-state index in [0.717, 1.165) is 51.4 Å². The maximum Gasteiger partial charge on any atom is 0.225 e. The van der Waals surface area contributed by atoms with E-state index in [-0.39, 0.29) is 0 Å². The van der Waals surface area contributed by atoms with E-state index in [1.54, 1.807) is 0 Å². The number of carbonyl (C=O) groups is 1. The van der Waals surface area contributed by atoms with Crippen molar-refractivity contribution in [2.75, 3.05) is 26.2 Å². The molecular weight excluding hydrogens is 276 g/mol. The minimum Gasteiger partial charge on any atom is -0.357 e. The van der Waals surface area contributed by atoms with Crippen LogP contribution in [-0.4, -0.2) is 49.0 Å². The van der Waals surface area contributed by atoms with Crippen LogP contribution in [0.5, 0.6) is 0 Å². The van der Waals surface area contributed by atoms with Crippen molar-refractivity contribution >= 4 is 11.9 Å². The summed E-state index contributed by atoms with van der Waals surface area (Å²) in [5.41, 5.74) is 0. The van der Waals surface area contributed by atoms with Crippen molar-refractivity contribution in [3.63, 3.8) is 0 Å². The quantitative estimate of drug-likeness (QED) is 0.603. The molecule has 22 heavy (non-hydrogen) atoms. The van der Waals surface area contributed by atoms with Crippen molar-refractivity contribution in [2.24, 2.45) is 16.8 Å². The number of aliphatic imine (C=N–C) groups is 1. The third-order valence-electron chi connectivity index (χ3n) is 4.50. The second-order valence-corrected chi connectivity index (χ2v) is 7.01. The Morgan fingerprint density at radius 1 is 1.27 bits per heavy atom. The molecule has 2 rings (SSSR count). The van der Waals surface area contributed by atoms with Crippen LogP contribution in [0.4, 0.5) is 0 Å². The summed E-state index contributed by atoms with van der Waals surface area (Å²) in [4.78, 5) is 19.1. The summed E-state index contributed by atoms with van der Waals surface area (Å²) >= 11 is 0. The number of carbonyl (C=O) groups excluding carboxylic acids is 1. The van der Waals surface area contributed by atoms with Crippen LogP contribution < -0.4 is 10.6 Å². The Balaban J connectivity index is 1.83. The lowest BCUT2D eigenvalue weighted by molar-refractivity contribution is -0.134. The van der Waals surface area contributed by atoms with Gasteiger partial charge in [-0.2, -0.15) is 0 Å². The highest BCUT2D eigenvalue weighted by atomic mass is 16.2. The first-order valence-electron chi connectivity index (χ1n) is 8.93. The molecule has 0 aromatic carbocycles. The van der Waals surface area contributed by atoms with Crippen LogP contribution in [0, 0.1) is 11.8 Å². The Morgan fingerprint density at radius 3 is 2.64 bits per heavy atom. The van der Waals surface area contributed by atoms with Gasteiger partial charge in [-0.1, -0.05) is 26.7 Å². The summed E-state index contributed by atoms with van der Waals surface area (Å²) in [7, 11) is 0. The van der Waals surface area contributed by atoms with Crippen molar-refractivity contribution in [2.45, 2.75) is 58.9 Å². The van der Waals surface area contributed by atoms with E-state index < -0.39 is 0 Å². The predicted octanol–water partition coefficient (Wildman–Crippen LogP) is 1.99. The molecule has 0 spiro atoms. The van der Waals surface area contributed by atoms with Crippen LogP contribution in [-0.2, 0) is 4.79 Å². The molecule has 126 valence electrons. The monoisotopic (exact) mass is 308 g/mol. The lowest BCUT2D eigenvalue weighted by atomic mass is 10.1. The first kappa shape index (κ1) is 17.1. The van der Waals surface area contributed by atoms with Crippen molar-refractivity contribution in [3.8, 4) is 0 Å². The van der Waals surface area contributed by atoms with Gasteiger partial charge in [-0.3, -0.25) is 9.79 Å². The molecule has 1 unspecified atom stereocenters. The van der Waals surface area contributed by atoms with Gasteiger partial charge in [0.2, 0.25) is 5.91 Å². The zero-order valence-corrected chi connectivity index (χ0v) is 14.4. The zero-order chi connectivity index (χ0) is 15.9. The maximum atomic E-state index is 12.5. The molecule has 0 aromatic heterocycles. The number of guanidine groups is 1. The van der Waals surface area contributed by atoms with Crippen molar-refractivity contribution in [1.82, 2.24) is 15.5 Å². The molecule has 1 aliphatic carbocycles. The highest BCUT2D eigenvalue weighted by molar-refractivity contribution is 5.81. The predicted molar refractivity (Wildman–Crippen MR) is 90.9 cm³/mol. The van der Waals surface area contributed by atoms with Gasteiger partial charge in [0.05, 0.1) is 0 Å². The Morgan fingerprint density at radius 2 is 2.00 bits per heavy atom. The molecule has 1 amide bonds. The number of likely N-dealkylation sites (tertiary alicyclic amines) is 1. The summed E-state index contributed by atoms with van der Waals surface area (Å²) in [6.45, 7) is 9.82. The number of rotatable bonds is 5. The van der Waals surface area contributed by atoms with E-state index in [2.05, 4.69) is 41.3 Å². The fraction of sp³-hybridized carbons (Fsp3) is 0.882. The highest BCUT2D eigenvalue weighted by Crippen LogP contribution is 2.27. The molecular formula is C17H32N4O. The molecule has 0 aromatic rings. The summed E-state index contributed by atoms with van der Waals surface area (Å²) in [5.74, 6) is 2.11. The number of nitrogens with zero attached hydrogens (tertiary/aromatic N) is 2. The summed E-state index contributed by atoms with van der Waals surface area (Å²) in [6.07, 6.45) is 5.64. The smallest absolute Gasteiger partial charge is 0.225 e. The first-order valence-corrected chi connectivity index (χ1v) is 8.93. The number of hydrogen-bond acceptors (Lipinski definition) is 2. The Hall–Kier alpha value is -1.26. The lowest BCUT2D eigenvalue weighted by Gasteiger charge is -2.21. The highest BCUT2D eigenvalue weighted by Gasteiger charge is 2.32. The average Bonchev–Trinajstić information content (AvgIpc) is 3.16. The largest absolute Gasteiger partial charge is 0.357 e. The van der Waals surface area contributed by atoms with Crippen LogP contribution in [0.25, 0.3) is 0 Å². The molecule has 1 saturated heterocycles. The lowest BCUT2D eigenvalue weighted by Crippen LogP contribution is -2.45. The fourth-order valence-corrected chi connectivity index (χ4v) is 3.30. The molecule has 2 fully saturated rings. The molecule has 5 heteroatoms. The van der Waals surface area contributed by atoms with Crippen molar-refractivity contribution < 1.29 is 4.79 Å². The maximum absolute atomic E-state index is 12.5. The van der Waals surface area contributed by atoms with E-state index >= 15 is 0 Å². The van der Waals surface area contributed by atoms with E-state index in [0.29, 0.717) is 23.8 Å². The minimum absolute atomic E-state index is 0.293. The third kappa shape index (κ3) is 4.89. The molecule has 2 aliphatic rings. The van der Waals surface area contributed by atoms with Gasteiger partial charge in [-0.25, -0.2) is 0 Å². The van der Waals surface area contributed by atoms with Crippen LogP contribution in [0.15, 0.2) is 4.99 Å². The van der Waals surface area contributed by atoms with Gasteiger partial charge < -0.3 is 15.5 Å². The Kier molecular flexibility index (Phi) is 6.52. The molecule has 0 bridgehead atoms. The number of hydrogen-bond donors (Lipinski definition) is 2. The van der Waals surface area contributed by atoms with Crippen LogP contribution in [0.3, 0.4) is 0 Å². The van der Waals surface area contributed by atoms with Gasteiger partial charge in [0.25, 0.3) is 0 Å². The second-order valence-electron chi connectivity index (χ2n) is 7.01. The number of nitrogens with one attached hydrogen (secondary N) is 2. The minimum atomic E-state index is 0.293. The van der Waals surface area contributed by atoms with E-state index in [1.165, 1.54) is 12.8 Å². The van der Waals surface area contributed by atoms with E-state index in [1.807, 2.05) is 0 Å². The average molecular weight is 308 g/mol. The Bertz CT molecular complexity index is 388. The molecule has 1 saturated carbocycles. The number of amides is 1. The topological polar surface area (TPSA) is 56.7 Å². The van der Waals surface area contributed by atoms with Gasteiger partial charge in [0.15, 0.2) is 5.96 Å². The first-order chi connectivity index (χ1) is 10.6. The van der Waals surface area contributed by atoms with E-state index in [4.69, 9.17) is 0 Å². The molecule has 5 nitrogen and oxygen atoms in total. The molecule has 0 radical (unpaired) electrons. The van der Waals surface area contributed by atoms with Gasteiger partial charge in [-0.05, 0) is 32.1 Å². The molecule has 1 atom stereocenters. The van der Waals surface area contributed by atoms with E-state index in [9.17, 15) is 4.79 Å². The van der Waals surface area contributed by atoms with Crippen LogP contribution >= 0.6 is 0 Å². The van der Waals surface area contributed by atoms with Crippen molar-refractivity contribution in [3.05, 3.63) is 0 Å². The van der Waals surface area contributed by atoms with Gasteiger partial charge >= 0.3 is 0 Å². The summed E-state index contributed by atoms with van der Waals surface area (Å²) in [5, 5.41) is 6.79. The summed E-state index contributed by atoms with van der Waals surface area (Å²) in [6, 6.07) is 0.329. The molecule has 1 heterocycles. The Labute approximate surface area is 134 Å². The third-order valence-corrected chi connectivity index (χ3v) is 4.50. The van der Waals surface area contributed by atoms with Crippen LogP contribution in [0.1, 0.15) is 52.9 Å². The second kappa shape index (κ2) is 8.39. The van der Waals surface area contributed by atoms with Crippen molar-refractivity contribution in [1.29, 1.82) is 0 Å². The zero-order valence-electron chi connectivity index (χ0n) is 14.4.